The minimum Gasteiger partial charge on any atom is -0.459 e. The summed E-state index contributed by atoms with van der Waals surface area (Å²) in [5.41, 5.74) is 1.72. The molecule has 0 amide bonds. The van der Waals surface area contributed by atoms with Crippen molar-refractivity contribution in [2.45, 2.75) is 17.9 Å². The lowest BCUT2D eigenvalue weighted by Gasteiger charge is -2.22. The molecule has 0 bridgehead atoms. The van der Waals surface area contributed by atoms with Gasteiger partial charge in [0.05, 0.1) is 17.8 Å². The molecular formula is C17H15N3O3S2. The first kappa shape index (κ1) is 16.2. The number of fused-ring (bicyclic) bond motifs is 2. The Hall–Kier alpha value is -2.29. The van der Waals surface area contributed by atoms with Crippen LogP contribution in [0.4, 0.5) is 0 Å². The lowest BCUT2D eigenvalue weighted by Crippen LogP contribution is -2.29. The minimum absolute atomic E-state index is 0.157. The normalized spacial score (nSPS) is 13.7. The first-order valence-electron chi connectivity index (χ1n) is 7.66. The maximum atomic E-state index is 13.1. The summed E-state index contributed by atoms with van der Waals surface area (Å²) in [7, 11) is -2.20. The summed E-state index contributed by atoms with van der Waals surface area (Å²) in [5, 5.41) is 0.945. The van der Waals surface area contributed by atoms with E-state index in [1.165, 1.54) is 4.31 Å². The Bertz CT molecular complexity index is 1130. The molecule has 0 spiro atoms. The van der Waals surface area contributed by atoms with Crippen molar-refractivity contribution in [1.29, 1.82) is 0 Å². The van der Waals surface area contributed by atoms with Gasteiger partial charge in [0.2, 0.25) is 10.0 Å². The third-order valence-corrected chi connectivity index (χ3v) is 6.81. The summed E-state index contributed by atoms with van der Waals surface area (Å²) in [4.78, 5) is 0.157. The molecule has 4 rings (SSSR count). The van der Waals surface area contributed by atoms with Crippen LogP contribution >= 0.6 is 11.7 Å². The van der Waals surface area contributed by atoms with Gasteiger partial charge in [-0.1, -0.05) is 24.3 Å². The third-order valence-electron chi connectivity index (χ3n) is 4.31. The molecule has 0 N–H and O–H groups in total. The molecule has 4 aromatic rings. The predicted molar refractivity (Wildman–Crippen MR) is 97.0 cm³/mol. The second-order valence-corrected chi connectivity index (χ2v) is 8.27. The molecule has 0 aliphatic carbocycles. The lowest BCUT2D eigenvalue weighted by atomic mass is 10.2. The van der Waals surface area contributed by atoms with Crippen LogP contribution in [-0.4, -0.2) is 28.5 Å². The Labute approximate surface area is 149 Å². The van der Waals surface area contributed by atoms with Gasteiger partial charge in [-0.25, -0.2) is 8.42 Å². The number of benzene rings is 2. The van der Waals surface area contributed by atoms with Gasteiger partial charge < -0.3 is 4.42 Å². The van der Waals surface area contributed by atoms with Gasteiger partial charge in [-0.05, 0) is 31.2 Å². The number of para-hydroxylation sites is 1. The minimum atomic E-state index is -3.74. The van der Waals surface area contributed by atoms with Crippen molar-refractivity contribution >= 4 is 43.8 Å². The number of aromatic nitrogens is 2. The number of rotatable bonds is 4. The Morgan fingerprint density at radius 2 is 1.92 bits per heavy atom. The molecule has 1 atom stereocenters. The molecule has 6 nitrogen and oxygen atoms in total. The fourth-order valence-electron chi connectivity index (χ4n) is 2.74. The van der Waals surface area contributed by atoms with Crippen molar-refractivity contribution in [3.05, 3.63) is 54.3 Å². The van der Waals surface area contributed by atoms with Crippen molar-refractivity contribution in [1.82, 2.24) is 13.1 Å². The van der Waals surface area contributed by atoms with E-state index < -0.39 is 16.1 Å². The standard InChI is InChI=1S/C17H15N3O3S2/c1-11(15-10-12-6-3-4-8-14(12)23-15)20(2)25(21,22)16-9-5-7-13-17(16)19-24-18-13/h3-11H,1-2H3. The molecule has 0 radical (unpaired) electrons. The number of hydrogen-bond donors (Lipinski definition) is 0. The zero-order valence-electron chi connectivity index (χ0n) is 13.6. The van der Waals surface area contributed by atoms with Crippen molar-refractivity contribution in [2.75, 3.05) is 7.05 Å². The van der Waals surface area contributed by atoms with Crippen LogP contribution in [0, 0.1) is 0 Å². The monoisotopic (exact) mass is 373 g/mol. The summed E-state index contributed by atoms with van der Waals surface area (Å²) in [5.74, 6) is 0.593. The zero-order chi connectivity index (χ0) is 17.6. The van der Waals surface area contributed by atoms with Gasteiger partial charge >= 0.3 is 0 Å². The molecule has 0 saturated heterocycles. The molecule has 2 aromatic carbocycles. The van der Waals surface area contributed by atoms with Gasteiger partial charge in [-0.2, -0.15) is 13.1 Å². The van der Waals surface area contributed by atoms with Gasteiger partial charge in [-0.15, -0.1) is 0 Å². The highest BCUT2D eigenvalue weighted by atomic mass is 32.2. The van der Waals surface area contributed by atoms with Gasteiger partial charge in [0.25, 0.3) is 0 Å². The largest absolute Gasteiger partial charge is 0.459 e. The quantitative estimate of drug-likeness (QED) is 0.543. The highest BCUT2D eigenvalue weighted by Crippen LogP contribution is 2.32. The van der Waals surface area contributed by atoms with E-state index in [9.17, 15) is 8.42 Å². The van der Waals surface area contributed by atoms with Crippen LogP contribution in [0.25, 0.3) is 22.0 Å². The summed E-state index contributed by atoms with van der Waals surface area (Å²) >= 11 is 1.00. The molecule has 0 fully saturated rings. The van der Waals surface area contributed by atoms with Gasteiger partial charge in [0.1, 0.15) is 27.3 Å². The van der Waals surface area contributed by atoms with Crippen LogP contribution in [0.2, 0.25) is 0 Å². The van der Waals surface area contributed by atoms with E-state index in [0.717, 1.165) is 22.7 Å². The van der Waals surface area contributed by atoms with Crippen LogP contribution < -0.4 is 0 Å². The second-order valence-electron chi connectivity index (χ2n) is 5.77. The molecule has 25 heavy (non-hydrogen) atoms. The van der Waals surface area contributed by atoms with E-state index >= 15 is 0 Å². The molecule has 0 aliphatic rings. The predicted octanol–water partition coefficient (Wildman–Crippen LogP) is 3.82. The Kier molecular flexibility index (Phi) is 3.82. The molecule has 2 heterocycles. The smallest absolute Gasteiger partial charge is 0.245 e. The van der Waals surface area contributed by atoms with E-state index in [2.05, 4.69) is 8.75 Å². The maximum Gasteiger partial charge on any atom is 0.245 e. The SMILES string of the molecule is CC(c1cc2ccccc2o1)N(C)S(=O)(=O)c1cccc2nsnc12. The highest BCUT2D eigenvalue weighted by Gasteiger charge is 2.30. The van der Waals surface area contributed by atoms with Crippen molar-refractivity contribution in [2.24, 2.45) is 0 Å². The van der Waals surface area contributed by atoms with Gasteiger partial charge in [0.15, 0.2) is 0 Å². The van der Waals surface area contributed by atoms with Crippen LogP contribution in [0.15, 0.2) is 57.8 Å². The van der Waals surface area contributed by atoms with Crippen LogP contribution in [0.1, 0.15) is 18.7 Å². The fraction of sp³-hybridized carbons (Fsp3) is 0.176. The lowest BCUT2D eigenvalue weighted by molar-refractivity contribution is 0.348. The van der Waals surface area contributed by atoms with Gasteiger partial charge in [0, 0.05) is 12.4 Å². The summed E-state index contributed by atoms with van der Waals surface area (Å²) in [6, 6.07) is 14.0. The van der Waals surface area contributed by atoms with Crippen LogP contribution in [-0.2, 0) is 10.0 Å². The van der Waals surface area contributed by atoms with Crippen molar-refractivity contribution < 1.29 is 12.8 Å². The van der Waals surface area contributed by atoms with Crippen molar-refractivity contribution in [3.63, 3.8) is 0 Å². The van der Waals surface area contributed by atoms with E-state index in [4.69, 9.17) is 4.42 Å². The summed E-state index contributed by atoms with van der Waals surface area (Å²) in [6.45, 7) is 1.80. The third kappa shape index (κ3) is 2.62. The highest BCUT2D eigenvalue weighted by molar-refractivity contribution is 7.89. The van der Waals surface area contributed by atoms with Crippen molar-refractivity contribution in [3.8, 4) is 0 Å². The second kappa shape index (κ2) is 5.91. The number of sulfonamides is 1. The van der Waals surface area contributed by atoms with E-state index in [1.807, 2.05) is 30.3 Å². The van der Waals surface area contributed by atoms with E-state index in [-0.39, 0.29) is 4.90 Å². The molecule has 2 aromatic heterocycles. The fourth-order valence-corrected chi connectivity index (χ4v) is 4.82. The molecular weight excluding hydrogens is 358 g/mol. The Morgan fingerprint density at radius 3 is 2.72 bits per heavy atom. The zero-order valence-corrected chi connectivity index (χ0v) is 15.2. The molecule has 0 aliphatic heterocycles. The molecule has 128 valence electrons. The van der Waals surface area contributed by atoms with Crippen LogP contribution in [0.3, 0.4) is 0 Å². The summed E-state index contributed by atoms with van der Waals surface area (Å²) < 4.78 is 41.6. The Balaban J connectivity index is 1.75. The summed E-state index contributed by atoms with van der Waals surface area (Å²) in [6.07, 6.45) is 0. The Morgan fingerprint density at radius 1 is 1.12 bits per heavy atom. The van der Waals surface area contributed by atoms with Crippen LogP contribution in [0.5, 0.6) is 0 Å². The average Bonchev–Trinajstić information content (AvgIpc) is 3.26. The molecule has 8 heteroatoms. The van der Waals surface area contributed by atoms with Gasteiger partial charge in [-0.3, -0.25) is 0 Å². The van der Waals surface area contributed by atoms with E-state index in [0.29, 0.717) is 16.8 Å². The molecule has 1 unspecified atom stereocenters. The maximum absolute atomic E-state index is 13.1. The first-order chi connectivity index (χ1) is 12.0. The van der Waals surface area contributed by atoms with E-state index in [1.54, 1.807) is 32.2 Å². The number of furan rings is 1. The molecule has 0 saturated carbocycles. The topological polar surface area (TPSA) is 76.3 Å². The average molecular weight is 373 g/mol. The number of nitrogens with zero attached hydrogens (tertiary/aromatic N) is 3. The first-order valence-corrected chi connectivity index (χ1v) is 9.83. The number of hydrogen-bond acceptors (Lipinski definition) is 6.